The fraction of sp³-hybridized carbons (Fsp3) is 0.500. The summed E-state index contributed by atoms with van der Waals surface area (Å²) in [7, 11) is 1.16. The lowest BCUT2D eigenvalue weighted by Crippen LogP contribution is -2.13. The first-order valence-corrected chi connectivity index (χ1v) is 4.71. The lowest BCUT2D eigenvalue weighted by Gasteiger charge is -2.10. The number of hydrogen-bond donors (Lipinski definition) is 2. The SMILES string of the molecule is Cn1nc(C(F)(F)F)c([C@H](O)CC(=O)O)c1Cl. The van der Waals surface area contributed by atoms with Gasteiger partial charge in [-0.25, -0.2) is 0 Å². The molecule has 0 saturated carbocycles. The largest absolute Gasteiger partial charge is 0.481 e. The summed E-state index contributed by atoms with van der Waals surface area (Å²) >= 11 is 5.55. The first kappa shape index (κ1) is 13.8. The fourth-order valence-corrected chi connectivity index (χ4v) is 1.55. The average molecular weight is 273 g/mol. The number of aryl methyl sites for hydroxylation is 1. The quantitative estimate of drug-likeness (QED) is 0.876. The van der Waals surface area contributed by atoms with Gasteiger partial charge in [-0.3, -0.25) is 9.48 Å². The van der Waals surface area contributed by atoms with Crippen molar-refractivity contribution in [2.75, 3.05) is 0 Å². The molecule has 0 aliphatic carbocycles. The molecule has 5 nitrogen and oxygen atoms in total. The predicted molar refractivity (Wildman–Crippen MR) is 50.4 cm³/mol. The van der Waals surface area contributed by atoms with Crippen molar-refractivity contribution in [2.24, 2.45) is 7.05 Å². The maximum Gasteiger partial charge on any atom is 0.435 e. The molecule has 0 saturated heterocycles. The maximum atomic E-state index is 12.5. The maximum absolute atomic E-state index is 12.5. The highest BCUT2D eigenvalue weighted by atomic mass is 35.5. The normalized spacial score (nSPS) is 13.8. The van der Waals surface area contributed by atoms with Gasteiger partial charge in [-0.2, -0.15) is 18.3 Å². The molecule has 0 fully saturated rings. The number of aliphatic hydroxyl groups is 1. The van der Waals surface area contributed by atoms with E-state index in [0.717, 1.165) is 11.7 Å². The van der Waals surface area contributed by atoms with Gasteiger partial charge < -0.3 is 10.2 Å². The molecule has 9 heteroatoms. The van der Waals surface area contributed by atoms with Crippen LogP contribution in [0, 0.1) is 0 Å². The lowest BCUT2D eigenvalue weighted by atomic mass is 10.1. The summed E-state index contributed by atoms with van der Waals surface area (Å²) < 4.78 is 38.4. The second-order valence-corrected chi connectivity index (χ2v) is 3.65. The summed E-state index contributed by atoms with van der Waals surface area (Å²) in [6, 6.07) is 0. The fourth-order valence-electron chi connectivity index (χ4n) is 1.29. The van der Waals surface area contributed by atoms with Gasteiger partial charge in [-0.1, -0.05) is 11.6 Å². The van der Waals surface area contributed by atoms with Crippen LogP contribution in [0.1, 0.15) is 23.8 Å². The number of carboxylic acid groups (broad SMARTS) is 1. The molecule has 1 rings (SSSR count). The molecular formula is C8H8ClF3N2O3. The average Bonchev–Trinajstić information content (AvgIpc) is 2.41. The number of halogens is 4. The molecule has 2 N–H and O–H groups in total. The van der Waals surface area contributed by atoms with Gasteiger partial charge in [0.2, 0.25) is 0 Å². The molecule has 96 valence electrons. The van der Waals surface area contributed by atoms with E-state index in [9.17, 15) is 23.1 Å². The second kappa shape index (κ2) is 4.53. The Balaban J connectivity index is 3.26. The van der Waals surface area contributed by atoms with Crippen LogP contribution in [-0.4, -0.2) is 26.0 Å². The van der Waals surface area contributed by atoms with Crippen LogP contribution >= 0.6 is 11.6 Å². The Morgan fingerprint density at radius 3 is 2.53 bits per heavy atom. The Labute approximate surface area is 98.4 Å². The molecule has 0 unspecified atom stereocenters. The Kier molecular flexibility index (Phi) is 3.68. The number of aromatic nitrogens is 2. The van der Waals surface area contributed by atoms with Crippen molar-refractivity contribution in [3.63, 3.8) is 0 Å². The van der Waals surface area contributed by atoms with E-state index < -0.39 is 41.1 Å². The standard InChI is InChI=1S/C8H8ClF3N2O3/c1-14-7(9)5(3(15)2-4(16)17)6(13-14)8(10,11)12/h3,15H,2H2,1H3,(H,16,17)/t3-/m1/s1. The topological polar surface area (TPSA) is 75.3 Å². The van der Waals surface area contributed by atoms with Gasteiger partial charge in [0.15, 0.2) is 5.69 Å². The minimum Gasteiger partial charge on any atom is -0.481 e. The summed E-state index contributed by atoms with van der Waals surface area (Å²) in [6.07, 6.45) is -7.54. The van der Waals surface area contributed by atoms with Crippen molar-refractivity contribution < 1.29 is 28.2 Å². The van der Waals surface area contributed by atoms with Crippen LogP contribution in [-0.2, 0) is 18.0 Å². The van der Waals surface area contributed by atoms with Crippen LogP contribution in [0.3, 0.4) is 0 Å². The highest BCUT2D eigenvalue weighted by Gasteiger charge is 2.40. The zero-order chi connectivity index (χ0) is 13.4. The molecular weight excluding hydrogens is 265 g/mol. The molecule has 0 amide bonds. The van der Waals surface area contributed by atoms with Crippen LogP contribution in [0.2, 0.25) is 5.15 Å². The third-order valence-corrected chi connectivity index (χ3v) is 2.43. The van der Waals surface area contributed by atoms with Crippen LogP contribution < -0.4 is 0 Å². The molecule has 0 bridgehead atoms. The van der Waals surface area contributed by atoms with Gasteiger partial charge in [-0.15, -0.1) is 0 Å². The highest BCUT2D eigenvalue weighted by Crippen LogP contribution is 2.38. The summed E-state index contributed by atoms with van der Waals surface area (Å²) in [6.45, 7) is 0. The molecule has 1 aromatic heterocycles. The van der Waals surface area contributed by atoms with Crippen LogP contribution in [0.25, 0.3) is 0 Å². The monoisotopic (exact) mass is 272 g/mol. The lowest BCUT2D eigenvalue weighted by molar-refractivity contribution is -0.145. The van der Waals surface area contributed by atoms with Gasteiger partial charge in [0, 0.05) is 7.05 Å². The summed E-state index contributed by atoms with van der Waals surface area (Å²) in [4.78, 5) is 10.4. The van der Waals surface area contributed by atoms with Gasteiger partial charge >= 0.3 is 12.1 Å². The van der Waals surface area contributed by atoms with Crippen LogP contribution in [0.4, 0.5) is 13.2 Å². The van der Waals surface area contributed by atoms with Crippen molar-refractivity contribution in [3.05, 3.63) is 16.4 Å². The smallest absolute Gasteiger partial charge is 0.435 e. The van der Waals surface area contributed by atoms with Gasteiger partial charge in [-0.05, 0) is 0 Å². The van der Waals surface area contributed by atoms with E-state index in [4.69, 9.17) is 16.7 Å². The Bertz CT molecular complexity index is 444. The second-order valence-electron chi connectivity index (χ2n) is 3.29. The van der Waals surface area contributed by atoms with E-state index in [-0.39, 0.29) is 0 Å². The number of carbonyl (C=O) groups is 1. The van der Waals surface area contributed by atoms with Crippen molar-refractivity contribution in [2.45, 2.75) is 18.7 Å². The minimum absolute atomic E-state index is 0.439. The molecule has 0 radical (unpaired) electrons. The van der Waals surface area contributed by atoms with E-state index in [1.54, 1.807) is 0 Å². The van der Waals surface area contributed by atoms with Crippen molar-refractivity contribution in [1.82, 2.24) is 9.78 Å². The number of aliphatic hydroxyl groups excluding tert-OH is 1. The van der Waals surface area contributed by atoms with Crippen molar-refractivity contribution in [3.8, 4) is 0 Å². The predicted octanol–water partition coefficient (Wildman–Crippen LogP) is 1.60. The Hall–Kier alpha value is -1.28. The summed E-state index contributed by atoms with van der Waals surface area (Å²) in [5.74, 6) is -1.44. The summed E-state index contributed by atoms with van der Waals surface area (Å²) in [5, 5.41) is 20.5. The van der Waals surface area contributed by atoms with Gasteiger partial charge in [0.25, 0.3) is 0 Å². The first-order chi connectivity index (χ1) is 7.64. The van der Waals surface area contributed by atoms with E-state index in [0.29, 0.717) is 0 Å². The highest BCUT2D eigenvalue weighted by molar-refractivity contribution is 6.30. The van der Waals surface area contributed by atoms with Gasteiger partial charge in [0.1, 0.15) is 5.15 Å². The number of nitrogens with zero attached hydrogens (tertiary/aromatic N) is 2. The zero-order valence-electron chi connectivity index (χ0n) is 8.49. The Morgan fingerprint density at radius 2 is 2.12 bits per heavy atom. The van der Waals surface area contributed by atoms with Crippen molar-refractivity contribution in [1.29, 1.82) is 0 Å². The molecule has 1 heterocycles. The van der Waals surface area contributed by atoms with E-state index in [2.05, 4.69) is 5.10 Å². The molecule has 17 heavy (non-hydrogen) atoms. The summed E-state index contributed by atoms with van der Waals surface area (Å²) in [5.41, 5.74) is -2.09. The Morgan fingerprint density at radius 1 is 1.59 bits per heavy atom. The third-order valence-electron chi connectivity index (χ3n) is 1.98. The third kappa shape index (κ3) is 2.89. The number of rotatable bonds is 3. The number of alkyl halides is 3. The molecule has 0 spiro atoms. The van der Waals surface area contributed by atoms with Crippen LogP contribution in [0.5, 0.6) is 0 Å². The van der Waals surface area contributed by atoms with Crippen LogP contribution in [0.15, 0.2) is 0 Å². The minimum atomic E-state index is -4.81. The van der Waals surface area contributed by atoms with E-state index in [1.165, 1.54) is 0 Å². The number of carboxylic acids is 1. The van der Waals surface area contributed by atoms with Crippen molar-refractivity contribution >= 4 is 17.6 Å². The number of hydrogen-bond acceptors (Lipinski definition) is 3. The van der Waals surface area contributed by atoms with E-state index >= 15 is 0 Å². The first-order valence-electron chi connectivity index (χ1n) is 4.34. The molecule has 1 atom stereocenters. The molecule has 0 aliphatic heterocycles. The van der Waals surface area contributed by atoms with E-state index in [1.807, 2.05) is 0 Å². The molecule has 1 aromatic rings. The number of aliphatic carboxylic acids is 1. The zero-order valence-corrected chi connectivity index (χ0v) is 9.25. The van der Waals surface area contributed by atoms with Gasteiger partial charge in [0.05, 0.1) is 18.1 Å². The molecule has 0 aromatic carbocycles. The molecule has 0 aliphatic rings.